The van der Waals surface area contributed by atoms with E-state index in [-0.39, 0.29) is 11.4 Å². The van der Waals surface area contributed by atoms with E-state index in [0.717, 1.165) is 11.3 Å². The monoisotopic (exact) mass is 276 g/mol. The number of morpholine rings is 1. The second-order valence-electron chi connectivity index (χ2n) is 6.17. The highest BCUT2D eigenvalue weighted by atomic mass is 16.5. The number of carbonyl (C=O) groups excluding carboxylic acids is 1. The summed E-state index contributed by atoms with van der Waals surface area (Å²) in [6.07, 6.45) is 0. The molecule has 0 bridgehead atoms. The number of rotatable bonds is 3. The molecule has 1 aromatic rings. The van der Waals surface area contributed by atoms with Crippen LogP contribution in [0.4, 0.5) is 5.69 Å². The summed E-state index contributed by atoms with van der Waals surface area (Å²) in [5.74, 6) is 0.0713. The number of hydrogen-bond acceptors (Lipinski definition) is 3. The lowest BCUT2D eigenvalue weighted by atomic mass is 10.00. The highest BCUT2D eigenvalue weighted by molar-refractivity contribution is 6.00. The molecule has 0 aromatic heterocycles. The predicted molar refractivity (Wildman–Crippen MR) is 81.1 cm³/mol. The molecular formula is C16H24N2O2. The Balaban J connectivity index is 2.28. The SMILES string of the molecule is CC(C)Nc1ccccc1C(=O)N1CCOCC1(C)C. The molecule has 0 radical (unpaired) electrons. The second-order valence-corrected chi connectivity index (χ2v) is 6.17. The minimum atomic E-state index is -0.264. The third-order valence-electron chi connectivity index (χ3n) is 3.49. The van der Waals surface area contributed by atoms with E-state index in [2.05, 4.69) is 19.2 Å². The van der Waals surface area contributed by atoms with E-state index < -0.39 is 0 Å². The predicted octanol–water partition coefficient (Wildman–Crippen LogP) is 2.76. The van der Waals surface area contributed by atoms with Gasteiger partial charge in [-0.2, -0.15) is 0 Å². The number of nitrogens with zero attached hydrogens (tertiary/aromatic N) is 1. The van der Waals surface area contributed by atoms with Gasteiger partial charge in [0.25, 0.3) is 5.91 Å². The number of ether oxygens (including phenoxy) is 1. The molecular weight excluding hydrogens is 252 g/mol. The van der Waals surface area contributed by atoms with E-state index in [0.29, 0.717) is 25.8 Å². The summed E-state index contributed by atoms with van der Waals surface area (Å²) in [6.45, 7) is 10.1. The molecule has 0 unspecified atom stereocenters. The van der Waals surface area contributed by atoms with Gasteiger partial charge in [-0.3, -0.25) is 4.79 Å². The van der Waals surface area contributed by atoms with Crippen molar-refractivity contribution < 1.29 is 9.53 Å². The zero-order valence-electron chi connectivity index (χ0n) is 12.8. The second kappa shape index (κ2) is 5.83. The third-order valence-corrected chi connectivity index (χ3v) is 3.49. The van der Waals surface area contributed by atoms with Crippen LogP contribution in [0.25, 0.3) is 0 Å². The molecule has 4 nitrogen and oxygen atoms in total. The number of hydrogen-bond donors (Lipinski definition) is 1. The maximum Gasteiger partial charge on any atom is 0.256 e. The lowest BCUT2D eigenvalue weighted by molar-refractivity contribution is -0.0370. The van der Waals surface area contributed by atoms with Gasteiger partial charge in [-0.1, -0.05) is 12.1 Å². The Labute approximate surface area is 121 Å². The van der Waals surface area contributed by atoms with Crippen molar-refractivity contribution in [3.05, 3.63) is 29.8 Å². The molecule has 0 aliphatic carbocycles. The summed E-state index contributed by atoms with van der Waals surface area (Å²) in [5.41, 5.74) is 1.37. The van der Waals surface area contributed by atoms with Crippen molar-refractivity contribution >= 4 is 11.6 Å². The van der Waals surface area contributed by atoms with E-state index in [1.807, 2.05) is 43.0 Å². The first-order valence-electron chi connectivity index (χ1n) is 7.17. The van der Waals surface area contributed by atoms with Gasteiger partial charge in [0.1, 0.15) is 0 Å². The summed E-state index contributed by atoms with van der Waals surface area (Å²) in [4.78, 5) is 14.8. The lowest BCUT2D eigenvalue weighted by Gasteiger charge is -2.42. The molecule has 1 aliphatic rings. The van der Waals surface area contributed by atoms with Crippen molar-refractivity contribution in [2.24, 2.45) is 0 Å². The van der Waals surface area contributed by atoms with Gasteiger partial charge in [-0.15, -0.1) is 0 Å². The van der Waals surface area contributed by atoms with Gasteiger partial charge in [0, 0.05) is 18.3 Å². The molecule has 2 rings (SSSR count). The number of anilines is 1. The first-order valence-corrected chi connectivity index (χ1v) is 7.17. The third kappa shape index (κ3) is 3.12. The van der Waals surface area contributed by atoms with Gasteiger partial charge in [-0.05, 0) is 39.8 Å². The zero-order valence-corrected chi connectivity index (χ0v) is 12.8. The molecule has 1 aliphatic heterocycles. The first kappa shape index (κ1) is 14.9. The fourth-order valence-corrected chi connectivity index (χ4v) is 2.49. The summed E-state index contributed by atoms with van der Waals surface area (Å²) in [6, 6.07) is 8.00. The molecule has 1 heterocycles. The average molecular weight is 276 g/mol. The van der Waals surface area contributed by atoms with Crippen LogP contribution in [0, 0.1) is 0 Å². The lowest BCUT2D eigenvalue weighted by Crippen LogP contribution is -2.55. The normalized spacial score (nSPS) is 18.1. The Kier molecular flexibility index (Phi) is 4.33. The molecule has 0 spiro atoms. The van der Waals surface area contributed by atoms with Crippen molar-refractivity contribution in [1.29, 1.82) is 0 Å². The van der Waals surface area contributed by atoms with Crippen LogP contribution in [0.15, 0.2) is 24.3 Å². The van der Waals surface area contributed by atoms with Crippen LogP contribution in [0.5, 0.6) is 0 Å². The van der Waals surface area contributed by atoms with E-state index in [1.165, 1.54) is 0 Å². The van der Waals surface area contributed by atoms with Crippen LogP contribution in [-0.4, -0.2) is 42.1 Å². The highest BCUT2D eigenvalue weighted by Gasteiger charge is 2.35. The van der Waals surface area contributed by atoms with E-state index in [4.69, 9.17) is 4.74 Å². The fraction of sp³-hybridized carbons (Fsp3) is 0.562. The van der Waals surface area contributed by atoms with Crippen molar-refractivity contribution in [2.75, 3.05) is 25.1 Å². The molecule has 0 saturated carbocycles. The molecule has 1 amide bonds. The van der Waals surface area contributed by atoms with Gasteiger partial charge in [0.05, 0.1) is 24.3 Å². The van der Waals surface area contributed by atoms with Crippen molar-refractivity contribution in [2.45, 2.75) is 39.3 Å². The summed E-state index contributed by atoms with van der Waals surface area (Å²) in [5, 5.41) is 3.34. The quantitative estimate of drug-likeness (QED) is 0.923. The summed E-state index contributed by atoms with van der Waals surface area (Å²) >= 11 is 0. The smallest absolute Gasteiger partial charge is 0.256 e. The minimum Gasteiger partial charge on any atom is -0.382 e. The number of nitrogens with one attached hydrogen (secondary N) is 1. The molecule has 4 heteroatoms. The van der Waals surface area contributed by atoms with Gasteiger partial charge < -0.3 is 15.0 Å². The van der Waals surface area contributed by atoms with Crippen LogP contribution in [0.1, 0.15) is 38.1 Å². The van der Waals surface area contributed by atoms with Gasteiger partial charge in [-0.25, -0.2) is 0 Å². The maximum absolute atomic E-state index is 12.8. The summed E-state index contributed by atoms with van der Waals surface area (Å²) < 4.78 is 5.49. The van der Waals surface area contributed by atoms with Gasteiger partial charge in [0.2, 0.25) is 0 Å². The van der Waals surface area contributed by atoms with Crippen LogP contribution in [-0.2, 0) is 4.74 Å². The molecule has 1 N–H and O–H groups in total. The van der Waals surface area contributed by atoms with Crippen molar-refractivity contribution in [3.8, 4) is 0 Å². The Morgan fingerprint density at radius 2 is 2.05 bits per heavy atom. The topological polar surface area (TPSA) is 41.6 Å². The average Bonchev–Trinajstić information content (AvgIpc) is 2.37. The molecule has 1 saturated heterocycles. The van der Waals surface area contributed by atoms with Crippen LogP contribution in [0.3, 0.4) is 0 Å². The van der Waals surface area contributed by atoms with E-state index in [1.54, 1.807) is 0 Å². The zero-order chi connectivity index (χ0) is 14.8. The van der Waals surface area contributed by atoms with Crippen LogP contribution in [0.2, 0.25) is 0 Å². The van der Waals surface area contributed by atoms with Crippen LogP contribution < -0.4 is 5.32 Å². The number of amides is 1. The Bertz CT molecular complexity index is 483. The highest BCUT2D eigenvalue weighted by Crippen LogP contribution is 2.25. The van der Waals surface area contributed by atoms with E-state index >= 15 is 0 Å². The van der Waals surface area contributed by atoms with Crippen molar-refractivity contribution in [3.63, 3.8) is 0 Å². The van der Waals surface area contributed by atoms with E-state index in [9.17, 15) is 4.79 Å². The van der Waals surface area contributed by atoms with Gasteiger partial charge >= 0.3 is 0 Å². The molecule has 1 fully saturated rings. The fourth-order valence-electron chi connectivity index (χ4n) is 2.49. The van der Waals surface area contributed by atoms with Crippen molar-refractivity contribution in [1.82, 2.24) is 4.90 Å². The van der Waals surface area contributed by atoms with Gasteiger partial charge in [0.15, 0.2) is 0 Å². The Morgan fingerprint density at radius 3 is 2.70 bits per heavy atom. The number of benzene rings is 1. The standard InChI is InChI=1S/C16H24N2O2/c1-12(2)17-14-8-6-5-7-13(14)15(19)18-9-10-20-11-16(18,3)4/h5-8,12,17H,9-11H2,1-4H3. The minimum absolute atomic E-state index is 0.0713. The van der Waals surface area contributed by atoms with Crippen LogP contribution >= 0.6 is 0 Å². The largest absolute Gasteiger partial charge is 0.382 e. The number of carbonyl (C=O) groups is 1. The molecule has 0 atom stereocenters. The molecule has 110 valence electrons. The maximum atomic E-state index is 12.8. The summed E-state index contributed by atoms with van der Waals surface area (Å²) in [7, 11) is 0. The first-order chi connectivity index (χ1) is 9.42. The number of para-hydroxylation sites is 1. The molecule has 1 aromatic carbocycles. The molecule has 20 heavy (non-hydrogen) atoms. The Hall–Kier alpha value is -1.55. The Morgan fingerprint density at radius 1 is 1.35 bits per heavy atom.